The fourth-order valence-electron chi connectivity index (χ4n) is 4.60. The number of benzene rings is 3. The van der Waals surface area contributed by atoms with E-state index >= 15 is 0 Å². The van der Waals surface area contributed by atoms with Crippen molar-refractivity contribution in [1.82, 2.24) is 4.90 Å². The fourth-order valence-corrected chi connectivity index (χ4v) is 6.55. The van der Waals surface area contributed by atoms with Gasteiger partial charge in [-0.3, -0.25) is 14.5 Å². The molecular weight excluding hydrogens is 538 g/mol. The van der Waals surface area contributed by atoms with E-state index in [4.69, 9.17) is 0 Å². The van der Waals surface area contributed by atoms with Gasteiger partial charge in [0.1, 0.15) is 4.90 Å². The van der Waals surface area contributed by atoms with Gasteiger partial charge < -0.3 is 10.0 Å². The molecular formula is C28H31N3O6S2. The molecule has 0 radical (unpaired) electrons. The standard InChI is InChI=1S/C28H31N3O6S2/c1-4-29-26-20(2)7-5-10-25(26)39(36,37)30-23-13-11-21(12-14-23)27(32)31-17-15-28(33,16-18-31)22-8-6-9-24(19-22)38(3,34)35/h4-14,19,30,33H,15-18H2,1-3H3. The Morgan fingerprint density at radius 3 is 2.26 bits per heavy atom. The molecule has 3 aromatic carbocycles. The number of carbonyl (C=O) groups is 1. The molecule has 9 nitrogen and oxygen atoms in total. The number of nitrogens with one attached hydrogen (secondary N) is 1. The van der Waals surface area contributed by atoms with Crippen LogP contribution in [0.5, 0.6) is 0 Å². The highest BCUT2D eigenvalue weighted by Crippen LogP contribution is 2.34. The molecule has 0 aliphatic carbocycles. The maximum Gasteiger partial charge on any atom is 0.264 e. The number of sulfone groups is 1. The van der Waals surface area contributed by atoms with Crippen LogP contribution in [0.1, 0.15) is 41.3 Å². The van der Waals surface area contributed by atoms with Crippen molar-refractivity contribution >= 4 is 43.4 Å². The van der Waals surface area contributed by atoms with E-state index in [1.165, 1.54) is 36.5 Å². The van der Waals surface area contributed by atoms with Crippen molar-refractivity contribution in [2.24, 2.45) is 4.99 Å². The van der Waals surface area contributed by atoms with Crippen LogP contribution in [0.3, 0.4) is 0 Å². The number of rotatable bonds is 7. The van der Waals surface area contributed by atoms with Gasteiger partial charge in [-0.1, -0.05) is 24.3 Å². The third kappa shape index (κ3) is 6.21. The van der Waals surface area contributed by atoms with Crippen LogP contribution in [0.2, 0.25) is 0 Å². The van der Waals surface area contributed by atoms with Gasteiger partial charge in [0.15, 0.2) is 9.84 Å². The summed E-state index contributed by atoms with van der Waals surface area (Å²) in [5, 5.41) is 11.2. The molecule has 0 unspecified atom stereocenters. The lowest BCUT2D eigenvalue weighted by Gasteiger charge is -2.38. The first-order valence-corrected chi connectivity index (χ1v) is 15.7. The van der Waals surface area contributed by atoms with Gasteiger partial charge in [0.2, 0.25) is 0 Å². The summed E-state index contributed by atoms with van der Waals surface area (Å²) in [5.41, 5.74) is 1.06. The lowest BCUT2D eigenvalue weighted by atomic mass is 9.84. The number of amides is 1. The summed E-state index contributed by atoms with van der Waals surface area (Å²) in [6.07, 6.45) is 3.16. The Hall–Kier alpha value is -3.54. The number of likely N-dealkylation sites (tertiary alicyclic amines) is 1. The van der Waals surface area contributed by atoms with Crippen molar-refractivity contribution in [2.45, 2.75) is 42.1 Å². The average molecular weight is 570 g/mol. The molecule has 4 rings (SSSR count). The highest BCUT2D eigenvalue weighted by molar-refractivity contribution is 7.93. The zero-order valence-electron chi connectivity index (χ0n) is 22.0. The number of aliphatic hydroxyl groups is 1. The minimum Gasteiger partial charge on any atom is -0.385 e. The molecule has 3 aromatic rings. The second-order valence-corrected chi connectivity index (χ2v) is 13.3. The number of para-hydroxylation sites is 1. The number of anilines is 1. The third-order valence-electron chi connectivity index (χ3n) is 6.81. The van der Waals surface area contributed by atoms with Crippen LogP contribution < -0.4 is 4.72 Å². The van der Waals surface area contributed by atoms with Crippen LogP contribution in [-0.2, 0) is 25.5 Å². The number of hydrogen-bond donors (Lipinski definition) is 2. The lowest BCUT2D eigenvalue weighted by Crippen LogP contribution is -2.45. The van der Waals surface area contributed by atoms with Crippen LogP contribution in [0.4, 0.5) is 11.4 Å². The van der Waals surface area contributed by atoms with Crippen molar-refractivity contribution in [3.05, 3.63) is 83.4 Å². The van der Waals surface area contributed by atoms with E-state index in [-0.39, 0.29) is 41.6 Å². The van der Waals surface area contributed by atoms with Gasteiger partial charge in [0.05, 0.1) is 16.2 Å². The molecule has 0 aromatic heterocycles. The van der Waals surface area contributed by atoms with Gasteiger partial charge in [-0.15, -0.1) is 0 Å². The number of aliphatic imine (C=N–C) groups is 1. The van der Waals surface area contributed by atoms with Gasteiger partial charge in [0, 0.05) is 36.8 Å². The van der Waals surface area contributed by atoms with Crippen LogP contribution in [0, 0.1) is 6.92 Å². The second kappa shape index (κ2) is 10.9. The summed E-state index contributed by atoms with van der Waals surface area (Å²) in [6, 6.07) is 17.4. The van der Waals surface area contributed by atoms with Crippen LogP contribution in [-0.4, -0.2) is 58.3 Å². The quantitative estimate of drug-likeness (QED) is 0.413. The van der Waals surface area contributed by atoms with E-state index in [9.17, 15) is 26.7 Å². The van der Waals surface area contributed by atoms with E-state index in [1.54, 1.807) is 55.1 Å². The van der Waals surface area contributed by atoms with E-state index in [0.717, 1.165) is 11.8 Å². The van der Waals surface area contributed by atoms with Crippen LogP contribution in [0.25, 0.3) is 0 Å². The summed E-state index contributed by atoms with van der Waals surface area (Å²) in [6.45, 7) is 4.06. The summed E-state index contributed by atoms with van der Waals surface area (Å²) in [5.74, 6) is -0.241. The Bertz CT molecular complexity index is 1620. The van der Waals surface area contributed by atoms with E-state index in [2.05, 4.69) is 9.71 Å². The maximum atomic E-state index is 13.1. The van der Waals surface area contributed by atoms with Crippen molar-refractivity contribution in [2.75, 3.05) is 24.1 Å². The smallest absolute Gasteiger partial charge is 0.264 e. The first-order valence-electron chi connectivity index (χ1n) is 12.4. The maximum absolute atomic E-state index is 13.1. The highest BCUT2D eigenvalue weighted by atomic mass is 32.2. The largest absolute Gasteiger partial charge is 0.385 e. The van der Waals surface area contributed by atoms with Gasteiger partial charge in [-0.05, 0) is 80.3 Å². The molecule has 1 amide bonds. The predicted octanol–water partition coefficient (Wildman–Crippen LogP) is 4.05. The molecule has 1 fully saturated rings. The molecule has 1 heterocycles. The number of aryl methyl sites for hydroxylation is 1. The zero-order chi connectivity index (χ0) is 28.4. The summed E-state index contributed by atoms with van der Waals surface area (Å²) in [4.78, 5) is 19.1. The molecule has 2 N–H and O–H groups in total. The fraction of sp³-hybridized carbons (Fsp3) is 0.286. The van der Waals surface area contributed by atoms with Gasteiger partial charge in [-0.2, -0.15) is 0 Å². The SMILES string of the molecule is CC=Nc1c(C)cccc1S(=O)(=O)Nc1ccc(C(=O)N2CCC(O)(c3cccc(S(C)(=O)=O)c3)CC2)cc1. The third-order valence-corrected chi connectivity index (χ3v) is 9.33. The first kappa shape index (κ1) is 28.5. The second-order valence-electron chi connectivity index (χ2n) is 9.62. The Kier molecular flexibility index (Phi) is 7.97. The van der Waals surface area contributed by atoms with Gasteiger partial charge in [-0.25, -0.2) is 16.8 Å². The molecule has 1 aliphatic rings. The molecule has 1 aliphatic heterocycles. The summed E-state index contributed by atoms with van der Waals surface area (Å²) in [7, 11) is -7.33. The number of carbonyl (C=O) groups excluding carboxylic acids is 1. The van der Waals surface area contributed by atoms with Crippen molar-refractivity contribution in [1.29, 1.82) is 0 Å². The Morgan fingerprint density at radius 2 is 1.64 bits per heavy atom. The Morgan fingerprint density at radius 1 is 1.00 bits per heavy atom. The minimum atomic E-state index is -3.92. The average Bonchev–Trinajstić information content (AvgIpc) is 2.90. The highest BCUT2D eigenvalue weighted by Gasteiger charge is 2.36. The number of sulfonamides is 1. The molecule has 0 saturated carbocycles. The molecule has 0 atom stereocenters. The van der Waals surface area contributed by atoms with Crippen molar-refractivity contribution in [3.8, 4) is 0 Å². The number of piperidine rings is 1. The first-order chi connectivity index (χ1) is 18.3. The lowest BCUT2D eigenvalue weighted by molar-refractivity contribution is -0.0212. The topological polar surface area (TPSA) is 133 Å². The van der Waals surface area contributed by atoms with E-state index in [1.807, 2.05) is 0 Å². The Labute approximate surface area is 229 Å². The van der Waals surface area contributed by atoms with Crippen molar-refractivity contribution < 1.29 is 26.7 Å². The monoisotopic (exact) mass is 569 g/mol. The van der Waals surface area contributed by atoms with Crippen LogP contribution in [0.15, 0.2) is 81.5 Å². The molecule has 206 valence electrons. The minimum absolute atomic E-state index is 0.0589. The van der Waals surface area contributed by atoms with Crippen LogP contribution >= 0.6 is 0 Å². The molecule has 39 heavy (non-hydrogen) atoms. The summed E-state index contributed by atoms with van der Waals surface area (Å²) >= 11 is 0. The van der Waals surface area contributed by atoms with E-state index < -0.39 is 25.5 Å². The number of hydrogen-bond acceptors (Lipinski definition) is 7. The van der Waals surface area contributed by atoms with Gasteiger partial charge >= 0.3 is 0 Å². The predicted molar refractivity (Wildman–Crippen MR) is 151 cm³/mol. The van der Waals surface area contributed by atoms with Crippen molar-refractivity contribution in [3.63, 3.8) is 0 Å². The van der Waals surface area contributed by atoms with E-state index in [0.29, 0.717) is 22.5 Å². The molecule has 11 heteroatoms. The number of nitrogens with zero attached hydrogens (tertiary/aromatic N) is 2. The normalized spacial score (nSPS) is 15.8. The Balaban J connectivity index is 1.44. The molecule has 0 bridgehead atoms. The zero-order valence-corrected chi connectivity index (χ0v) is 23.6. The summed E-state index contributed by atoms with van der Waals surface area (Å²) < 4.78 is 52.5. The van der Waals surface area contributed by atoms with Gasteiger partial charge in [0.25, 0.3) is 15.9 Å². The molecule has 1 saturated heterocycles. The molecule has 0 spiro atoms.